The molecule has 0 radical (unpaired) electrons. The molecule has 0 saturated heterocycles. The van der Waals surface area contributed by atoms with Crippen molar-refractivity contribution >= 4 is 34.4 Å². The molecule has 0 aliphatic rings. The van der Waals surface area contributed by atoms with Crippen molar-refractivity contribution in [2.75, 3.05) is 13.0 Å². The highest BCUT2D eigenvalue weighted by Crippen LogP contribution is 2.27. The first-order valence-electron chi connectivity index (χ1n) is 7.24. The van der Waals surface area contributed by atoms with E-state index in [0.29, 0.717) is 11.4 Å². The number of nitrogens with two attached hydrogens (primary N) is 1. The summed E-state index contributed by atoms with van der Waals surface area (Å²) in [5.74, 6) is -1.04. The molecule has 0 spiro atoms. The Morgan fingerprint density at radius 1 is 1.39 bits per heavy atom. The zero-order valence-corrected chi connectivity index (χ0v) is 13.5. The molecule has 2 rings (SSSR count). The van der Waals surface area contributed by atoms with Gasteiger partial charge in [0.05, 0.1) is 11.1 Å². The van der Waals surface area contributed by atoms with Crippen LogP contribution in [0.3, 0.4) is 0 Å². The lowest BCUT2D eigenvalue weighted by molar-refractivity contribution is -0.132. The lowest BCUT2D eigenvalue weighted by Gasteiger charge is -2.14. The standard InChI is InChI=1S/C16H19ClN2O4/c1-23-15(14(18)20)19-9-11(4-2-3-7-17)12-8-10(16(21)22)5-6-13(12)19/h5-6,8-9,15H,2-4,7H2,1H3,(H2,18,20)(H,21,22). The second kappa shape index (κ2) is 7.48. The third kappa shape index (κ3) is 3.65. The van der Waals surface area contributed by atoms with Gasteiger partial charge in [0.25, 0.3) is 5.91 Å². The highest BCUT2D eigenvalue weighted by Gasteiger charge is 2.21. The van der Waals surface area contributed by atoms with Crippen molar-refractivity contribution in [1.29, 1.82) is 0 Å². The van der Waals surface area contributed by atoms with Crippen molar-refractivity contribution in [3.63, 3.8) is 0 Å². The van der Waals surface area contributed by atoms with Gasteiger partial charge < -0.3 is 20.1 Å². The molecule has 6 nitrogen and oxygen atoms in total. The maximum atomic E-state index is 11.6. The fourth-order valence-corrected chi connectivity index (χ4v) is 2.82. The summed E-state index contributed by atoms with van der Waals surface area (Å²) in [7, 11) is 1.40. The second-order valence-corrected chi connectivity index (χ2v) is 5.61. The number of methoxy groups -OCH3 is 1. The van der Waals surface area contributed by atoms with Gasteiger partial charge >= 0.3 is 5.97 Å². The van der Waals surface area contributed by atoms with E-state index in [1.807, 2.05) is 0 Å². The summed E-state index contributed by atoms with van der Waals surface area (Å²) in [5.41, 5.74) is 7.23. The molecular formula is C16H19ClN2O4. The van der Waals surface area contributed by atoms with Gasteiger partial charge in [-0.15, -0.1) is 11.6 Å². The van der Waals surface area contributed by atoms with Gasteiger partial charge in [0.15, 0.2) is 0 Å². The first kappa shape index (κ1) is 17.3. The lowest BCUT2D eigenvalue weighted by Crippen LogP contribution is -2.27. The van der Waals surface area contributed by atoms with E-state index in [1.165, 1.54) is 13.2 Å². The molecule has 0 bridgehead atoms. The number of primary amides is 1. The number of aromatic nitrogens is 1. The van der Waals surface area contributed by atoms with Crippen molar-refractivity contribution < 1.29 is 19.4 Å². The van der Waals surface area contributed by atoms with Crippen LogP contribution in [0, 0.1) is 0 Å². The minimum atomic E-state index is -0.996. The Bertz CT molecular complexity index is 726. The van der Waals surface area contributed by atoms with E-state index in [-0.39, 0.29) is 5.56 Å². The minimum absolute atomic E-state index is 0.196. The van der Waals surface area contributed by atoms with Crippen LogP contribution in [-0.2, 0) is 16.0 Å². The Labute approximate surface area is 138 Å². The average Bonchev–Trinajstić information content (AvgIpc) is 2.86. The minimum Gasteiger partial charge on any atom is -0.478 e. The number of nitrogens with zero attached hydrogens (tertiary/aromatic N) is 1. The van der Waals surface area contributed by atoms with Crippen LogP contribution in [-0.4, -0.2) is 34.5 Å². The third-order valence-electron chi connectivity index (χ3n) is 3.71. The number of aryl methyl sites for hydroxylation is 1. The van der Waals surface area contributed by atoms with Gasteiger partial charge in [0.2, 0.25) is 6.23 Å². The summed E-state index contributed by atoms with van der Waals surface area (Å²) in [5, 5.41) is 9.96. The van der Waals surface area contributed by atoms with Crippen molar-refractivity contribution in [1.82, 2.24) is 4.57 Å². The zero-order chi connectivity index (χ0) is 17.0. The van der Waals surface area contributed by atoms with Crippen molar-refractivity contribution in [2.24, 2.45) is 5.73 Å². The van der Waals surface area contributed by atoms with E-state index in [2.05, 4.69) is 0 Å². The Kier molecular flexibility index (Phi) is 5.63. The third-order valence-corrected chi connectivity index (χ3v) is 3.98. The number of carboxylic acids is 1. The first-order valence-corrected chi connectivity index (χ1v) is 7.78. The molecule has 0 fully saturated rings. The molecule has 1 atom stereocenters. The van der Waals surface area contributed by atoms with Gasteiger partial charge in [-0.2, -0.15) is 0 Å². The van der Waals surface area contributed by atoms with E-state index >= 15 is 0 Å². The molecule has 1 aromatic heterocycles. The molecule has 7 heteroatoms. The number of benzene rings is 1. The van der Waals surface area contributed by atoms with Crippen LogP contribution >= 0.6 is 11.6 Å². The molecule has 0 aliphatic heterocycles. The number of aromatic carboxylic acids is 1. The van der Waals surface area contributed by atoms with Crippen LogP contribution in [0.2, 0.25) is 0 Å². The van der Waals surface area contributed by atoms with E-state index < -0.39 is 18.1 Å². The maximum absolute atomic E-state index is 11.6. The predicted molar refractivity (Wildman–Crippen MR) is 87.8 cm³/mol. The van der Waals surface area contributed by atoms with Crippen molar-refractivity contribution in [3.8, 4) is 0 Å². The number of carbonyl (C=O) groups excluding carboxylic acids is 1. The molecule has 1 unspecified atom stereocenters. The molecular weight excluding hydrogens is 320 g/mol. The van der Waals surface area contributed by atoms with Gasteiger partial charge in [-0.1, -0.05) is 0 Å². The summed E-state index contributed by atoms with van der Waals surface area (Å²) in [6.07, 6.45) is 3.32. The number of fused-ring (bicyclic) bond motifs is 1. The molecule has 3 N–H and O–H groups in total. The van der Waals surface area contributed by atoms with Crippen LogP contribution < -0.4 is 5.73 Å². The van der Waals surface area contributed by atoms with Crippen LogP contribution in [0.4, 0.5) is 0 Å². The predicted octanol–water partition coefficient (Wildman–Crippen LogP) is 2.53. The number of carboxylic acid groups (broad SMARTS) is 1. The number of hydrogen-bond donors (Lipinski definition) is 2. The summed E-state index contributed by atoms with van der Waals surface area (Å²) in [6, 6.07) is 4.77. The number of unbranched alkanes of at least 4 members (excludes halogenated alkanes) is 1. The van der Waals surface area contributed by atoms with E-state index in [4.69, 9.17) is 22.1 Å². The highest BCUT2D eigenvalue weighted by atomic mass is 35.5. The molecule has 0 aliphatic carbocycles. The Morgan fingerprint density at radius 3 is 2.70 bits per heavy atom. The topological polar surface area (TPSA) is 94.5 Å². The number of rotatable bonds is 8. The second-order valence-electron chi connectivity index (χ2n) is 5.24. The Morgan fingerprint density at radius 2 is 2.13 bits per heavy atom. The highest BCUT2D eigenvalue weighted by molar-refractivity contribution is 6.17. The van der Waals surface area contributed by atoms with Crippen molar-refractivity contribution in [3.05, 3.63) is 35.5 Å². The molecule has 1 aromatic carbocycles. The first-order chi connectivity index (χ1) is 11.0. The van der Waals surface area contributed by atoms with Gasteiger partial charge in [-0.05, 0) is 43.0 Å². The number of ether oxygens (including phenoxy) is 1. The fraction of sp³-hybridized carbons (Fsp3) is 0.375. The van der Waals surface area contributed by atoms with Gasteiger partial charge in [-0.3, -0.25) is 4.79 Å². The molecule has 0 saturated carbocycles. The SMILES string of the molecule is COC(C(N)=O)n1cc(CCCCCl)c2cc(C(=O)O)ccc21. The maximum Gasteiger partial charge on any atom is 0.335 e. The van der Waals surface area contributed by atoms with E-state index in [0.717, 1.165) is 30.2 Å². The van der Waals surface area contributed by atoms with Crippen LogP contribution in [0.25, 0.3) is 10.9 Å². The normalized spacial score (nSPS) is 12.4. The summed E-state index contributed by atoms with van der Waals surface area (Å²) in [4.78, 5) is 22.8. The largest absolute Gasteiger partial charge is 0.478 e. The average molecular weight is 339 g/mol. The summed E-state index contributed by atoms with van der Waals surface area (Å²) in [6.45, 7) is 0. The van der Waals surface area contributed by atoms with Gasteiger partial charge in [0, 0.05) is 24.6 Å². The molecule has 1 heterocycles. The summed E-state index contributed by atoms with van der Waals surface area (Å²) >= 11 is 5.71. The zero-order valence-electron chi connectivity index (χ0n) is 12.8. The Hall–Kier alpha value is -2.05. The number of hydrogen-bond acceptors (Lipinski definition) is 3. The molecule has 2 aromatic rings. The molecule has 124 valence electrons. The number of alkyl halides is 1. The van der Waals surface area contributed by atoms with Crippen LogP contribution in [0.5, 0.6) is 0 Å². The number of carbonyl (C=O) groups is 2. The quantitative estimate of drug-likeness (QED) is 0.571. The number of halogens is 1. The van der Waals surface area contributed by atoms with E-state index in [9.17, 15) is 14.7 Å². The van der Waals surface area contributed by atoms with Gasteiger partial charge in [-0.25, -0.2) is 4.79 Å². The number of amides is 1. The van der Waals surface area contributed by atoms with Gasteiger partial charge in [0.1, 0.15) is 0 Å². The molecule has 23 heavy (non-hydrogen) atoms. The monoisotopic (exact) mass is 338 g/mol. The van der Waals surface area contributed by atoms with Crippen LogP contribution in [0.15, 0.2) is 24.4 Å². The summed E-state index contributed by atoms with van der Waals surface area (Å²) < 4.78 is 6.81. The van der Waals surface area contributed by atoms with Crippen molar-refractivity contribution in [2.45, 2.75) is 25.5 Å². The van der Waals surface area contributed by atoms with E-state index in [1.54, 1.807) is 22.9 Å². The fourth-order valence-electron chi connectivity index (χ4n) is 2.63. The Balaban J connectivity index is 2.55. The van der Waals surface area contributed by atoms with Crippen LogP contribution in [0.1, 0.15) is 35.0 Å². The molecule has 1 amide bonds. The lowest BCUT2D eigenvalue weighted by atomic mass is 10.1. The smallest absolute Gasteiger partial charge is 0.335 e.